The van der Waals surface area contributed by atoms with E-state index in [1.165, 1.54) is 12.1 Å². The van der Waals surface area contributed by atoms with E-state index in [9.17, 15) is 10.2 Å². The number of hydrogen-bond acceptors (Lipinski definition) is 3. The van der Waals surface area contributed by atoms with E-state index in [-0.39, 0.29) is 16.9 Å². The van der Waals surface area contributed by atoms with Crippen LogP contribution >= 0.6 is 11.6 Å². The summed E-state index contributed by atoms with van der Waals surface area (Å²) in [6, 6.07) is 10.6. The van der Waals surface area contributed by atoms with Gasteiger partial charge in [-0.1, -0.05) is 31.5 Å². The van der Waals surface area contributed by atoms with Crippen molar-refractivity contribution < 1.29 is 10.2 Å². The second kappa shape index (κ2) is 4.71. The summed E-state index contributed by atoms with van der Waals surface area (Å²) in [7, 11) is 0. The third-order valence-electron chi connectivity index (χ3n) is 3.91. The minimum atomic E-state index is -0.201. The maximum atomic E-state index is 9.60. The lowest BCUT2D eigenvalue weighted by Gasteiger charge is -2.20. The van der Waals surface area contributed by atoms with Crippen molar-refractivity contribution in [3.63, 3.8) is 0 Å². The molecule has 3 N–H and O–H groups in total. The standard InChI is InChI=1S/C17H16ClNO2/c1-17(2)12-9-11(18)4-5-13(12)19-16(17)8-10-3-6-14(20)15(21)7-10/h3-9,19-21H,1-2H3/b16-8+. The summed E-state index contributed by atoms with van der Waals surface area (Å²) < 4.78 is 0. The lowest BCUT2D eigenvalue weighted by molar-refractivity contribution is 0.403. The Kier molecular flexibility index (Phi) is 3.10. The molecule has 0 amide bonds. The Balaban J connectivity index is 2.05. The maximum Gasteiger partial charge on any atom is 0.157 e. The summed E-state index contributed by atoms with van der Waals surface area (Å²) >= 11 is 6.09. The van der Waals surface area contributed by atoms with E-state index >= 15 is 0 Å². The maximum absolute atomic E-state index is 9.60. The first kappa shape index (κ1) is 13.8. The number of nitrogens with one attached hydrogen (secondary N) is 1. The van der Waals surface area contributed by atoms with Gasteiger partial charge in [-0.15, -0.1) is 0 Å². The van der Waals surface area contributed by atoms with Gasteiger partial charge < -0.3 is 15.5 Å². The first-order valence-electron chi connectivity index (χ1n) is 6.69. The lowest BCUT2D eigenvalue weighted by atomic mass is 9.83. The number of allylic oxidation sites excluding steroid dienone is 1. The summed E-state index contributed by atoms with van der Waals surface area (Å²) in [4.78, 5) is 0. The highest BCUT2D eigenvalue weighted by Gasteiger charge is 2.34. The van der Waals surface area contributed by atoms with E-state index in [1.54, 1.807) is 6.07 Å². The molecule has 0 saturated carbocycles. The van der Waals surface area contributed by atoms with Crippen LogP contribution in [0.1, 0.15) is 25.0 Å². The van der Waals surface area contributed by atoms with Crippen molar-refractivity contribution in [2.24, 2.45) is 0 Å². The van der Waals surface area contributed by atoms with Crippen LogP contribution in [0.25, 0.3) is 6.08 Å². The van der Waals surface area contributed by atoms with Gasteiger partial charge >= 0.3 is 0 Å². The number of phenolic OH excluding ortho intramolecular Hbond substituents is 2. The Hall–Kier alpha value is -2.13. The van der Waals surface area contributed by atoms with Crippen LogP contribution in [-0.2, 0) is 5.41 Å². The molecule has 1 aliphatic heterocycles. The van der Waals surface area contributed by atoms with Crippen molar-refractivity contribution >= 4 is 23.4 Å². The zero-order valence-electron chi connectivity index (χ0n) is 11.8. The summed E-state index contributed by atoms with van der Waals surface area (Å²) in [6.45, 7) is 4.24. The largest absolute Gasteiger partial charge is 0.504 e. The first-order valence-corrected chi connectivity index (χ1v) is 7.07. The van der Waals surface area contributed by atoms with Crippen LogP contribution in [0, 0.1) is 0 Å². The average Bonchev–Trinajstić information content (AvgIpc) is 2.66. The van der Waals surface area contributed by atoms with Gasteiger partial charge in [0, 0.05) is 21.8 Å². The Morgan fingerprint density at radius 1 is 1.05 bits per heavy atom. The van der Waals surface area contributed by atoms with Gasteiger partial charge in [-0.2, -0.15) is 0 Å². The van der Waals surface area contributed by atoms with Gasteiger partial charge in [0.15, 0.2) is 11.5 Å². The molecule has 0 saturated heterocycles. The number of benzene rings is 2. The van der Waals surface area contributed by atoms with Gasteiger partial charge in [0.2, 0.25) is 0 Å². The van der Waals surface area contributed by atoms with Gasteiger partial charge in [-0.3, -0.25) is 0 Å². The fourth-order valence-corrected chi connectivity index (χ4v) is 2.77. The molecule has 2 aromatic rings. The molecule has 2 aromatic carbocycles. The quantitative estimate of drug-likeness (QED) is 0.680. The highest BCUT2D eigenvalue weighted by molar-refractivity contribution is 6.30. The Morgan fingerprint density at radius 2 is 1.81 bits per heavy atom. The van der Waals surface area contributed by atoms with Crippen molar-refractivity contribution in [3.8, 4) is 11.5 Å². The number of anilines is 1. The van der Waals surface area contributed by atoms with Gasteiger partial charge in [-0.05, 0) is 47.5 Å². The summed E-state index contributed by atoms with van der Waals surface area (Å²) in [5, 5.41) is 23.1. The van der Waals surface area contributed by atoms with Crippen LogP contribution in [0.2, 0.25) is 5.02 Å². The SMILES string of the molecule is CC1(C)/C(=C\c2ccc(O)c(O)c2)Nc2ccc(Cl)cc21. The number of hydrogen-bond donors (Lipinski definition) is 3. The molecule has 3 rings (SSSR count). The van der Waals surface area contributed by atoms with E-state index in [1.807, 2.05) is 24.3 Å². The minimum Gasteiger partial charge on any atom is -0.504 e. The highest BCUT2D eigenvalue weighted by Crippen LogP contribution is 2.45. The fraction of sp³-hybridized carbons (Fsp3) is 0.176. The van der Waals surface area contributed by atoms with Crippen LogP contribution in [0.4, 0.5) is 5.69 Å². The number of halogens is 1. The molecule has 108 valence electrons. The van der Waals surface area contributed by atoms with Crippen molar-refractivity contribution in [3.05, 3.63) is 58.2 Å². The normalized spacial score (nSPS) is 17.6. The van der Waals surface area contributed by atoms with E-state index in [0.29, 0.717) is 5.02 Å². The topological polar surface area (TPSA) is 52.5 Å². The Labute approximate surface area is 128 Å². The van der Waals surface area contributed by atoms with Crippen molar-refractivity contribution in [1.82, 2.24) is 0 Å². The van der Waals surface area contributed by atoms with E-state index in [4.69, 9.17) is 11.6 Å². The molecule has 0 aliphatic carbocycles. The molecule has 0 spiro atoms. The number of aromatic hydroxyl groups is 2. The zero-order chi connectivity index (χ0) is 15.2. The third-order valence-corrected chi connectivity index (χ3v) is 4.14. The monoisotopic (exact) mass is 301 g/mol. The second-order valence-corrected chi connectivity index (χ2v) is 6.18. The zero-order valence-corrected chi connectivity index (χ0v) is 12.6. The number of fused-ring (bicyclic) bond motifs is 1. The average molecular weight is 302 g/mol. The van der Waals surface area contributed by atoms with Crippen molar-refractivity contribution in [1.29, 1.82) is 0 Å². The molecule has 0 atom stereocenters. The molecule has 0 fully saturated rings. The van der Waals surface area contributed by atoms with Crippen molar-refractivity contribution in [2.45, 2.75) is 19.3 Å². The predicted octanol–water partition coefficient (Wildman–Crippen LogP) is 4.50. The lowest BCUT2D eigenvalue weighted by Crippen LogP contribution is -2.17. The molecule has 1 heterocycles. The van der Waals surface area contributed by atoms with Crippen LogP contribution in [0.3, 0.4) is 0 Å². The predicted molar refractivity (Wildman–Crippen MR) is 85.8 cm³/mol. The van der Waals surface area contributed by atoms with Gasteiger partial charge in [0.1, 0.15) is 0 Å². The minimum absolute atomic E-state index is 0.120. The van der Waals surface area contributed by atoms with Crippen molar-refractivity contribution in [2.75, 3.05) is 5.32 Å². The van der Waals surface area contributed by atoms with E-state index < -0.39 is 0 Å². The van der Waals surface area contributed by atoms with Crippen LogP contribution in [0.5, 0.6) is 11.5 Å². The molecular formula is C17H16ClNO2. The molecule has 0 unspecified atom stereocenters. The molecule has 4 heteroatoms. The number of rotatable bonds is 1. The highest BCUT2D eigenvalue weighted by atomic mass is 35.5. The molecule has 0 radical (unpaired) electrons. The second-order valence-electron chi connectivity index (χ2n) is 5.75. The van der Waals surface area contributed by atoms with Crippen LogP contribution < -0.4 is 5.32 Å². The number of phenols is 2. The van der Waals surface area contributed by atoms with Crippen LogP contribution in [-0.4, -0.2) is 10.2 Å². The molecule has 0 aromatic heterocycles. The molecule has 0 bridgehead atoms. The summed E-state index contributed by atoms with van der Waals surface area (Å²) in [6.07, 6.45) is 1.97. The Bertz CT molecular complexity index is 750. The van der Waals surface area contributed by atoms with Gasteiger partial charge in [0.05, 0.1) is 0 Å². The molecule has 1 aliphatic rings. The molecule has 21 heavy (non-hydrogen) atoms. The first-order chi connectivity index (χ1) is 9.88. The van der Waals surface area contributed by atoms with Gasteiger partial charge in [0.25, 0.3) is 0 Å². The van der Waals surface area contributed by atoms with E-state index in [0.717, 1.165) is 22.5 Å². The Morgan fingerprint density at radius 3 is 2.52 bits per heavy atom. The van der Waals surface area contributed by atoms with Gasteiger partial charge in [-0.25, -0.2) is 0 Å². The fourth-order valence-electron chi connectivity index (χ4n) is 2.60. The van der Waals surface area contributed by atoms with E-state index in [2.05, 4.69) is 19.2 Å². The summed E-state index contributed by atoms with van der Waals surface area (Å²) in [5.74, 6) is -0.244. The summed E-state index contributed by atoms with van der Waals surface area (Å²) in [5.41, 5.74) is 3.82. The molecule has 3 nitrogen and oxygen atoms in total. The molecular weight excluding hydrogens is 286 g/mol. The van der Waals surface area contributed by atoms with Crippen LogP contribution in [0.15, 0.2) is 42.1 Å². The third kappa shape index (κ3) is 2.34. The smallest absolute Gasteiger partial charge is 0.157 e.